The lowest BCUT2D eigenvalue weighted by Gasteiger charge is -2.19. The molecule has 2 heteroatoms. The lowest BCUT2D eigenvalue weighted by molar-refractivity contribution is 0.164. The van der Waals surface area contributed by atoms with Crippen LogP contribution < -0.4 is 5.73 Å². The predicted molar refractivity (Wildman–Crippen MR) is 42.3 cm³/mol. The Bertz CT molecular complexity index is 129. The number of hydrogen-bond donors (Lipinski definition) is 1. The number of rotatable bonds is 2. The number of halogens is 1. The molecule has 0 heterocycles. The first-order valence-corrected chi connectivity index (χ1v) is 3.47. The summed E-state index contributed by atoms with van der Waals surface area (Å²) < 4.78 is 13.0. The van der Waals surface area contributed by atoms with Gasteiger partial charge in [-0.2, -0.15) is 0 Å². The summed E-state index contributed by atoms with van der Waals surface area (Å²) in [5.74, 6) is -0.113. The predicted octanol–water partition coefficient (Wildman–Crippen LogP) is 2.23. The molecule has 0 bridgehead atoms. The average molecular weight is 145 g/mol. The highest BCUT2D eigenvalue weighted by atomic mass is 19.1. The molecule has 0 aliphatic carbocycles. The third kappa shape index (κ3) is 3.49. The van der Waals surface area contributed by atoms with E-state index in [9.17, 15) is 4.39 Å². The van der Waals surface area contributed by atoms with Gasteiger partial charge < -0.3 is 5.73 Å². The summed E-state index contributed by atoms with van der Waals surface area (Å²) in [6.07, 6.45) is 1.74. The molecule has 60 valence electrons. The van der Waals surface area contributed by atoms with Crippen LogP contribution in [0.5, 0.6) is 0 Å². The Hall–Kier alpha value is -0.530. The van der Waals surface area contributed by atoms with Gasteiger partial charge >= 0.3 is 0 Å². The highest BCUT2D eigenvalue weighted by Crippen LogP contribution is 2.22. The Kier molecular flexibility index (Phi) is 2.88. The van der Waals surface area contributed by atoms with Crippen LogP contribution in [0.25, 0.3) is 0 Å². The van der Waals surface area contributed by atoms with Gasteiger partial charge in [-0.15, -0.1) is 0 Å². The van der Waals surface area contributed by atoms with E-state index in [4.69, 9.17) is 5.73 Å². The van der Waals surface area contributed by atoms with E-state index in [-0.39, 0.29) is 5.92 Å². The third-order valence-electron chi connectivity index (χ3n) is 1.60. The van der Waals surface area contributed by atoms with E-state index in [2.05, 4.69) is 0 Å². The fourth-order valence-electron chi connectivity index (χ4n) is 0.593. The quantitative estimate of drug-likeness (QED) is 0.633. The number of nitrogens with two attached hydrogens (primary N) is 1. The minimum Gasteiger partial charge on any atom is -0.403 e. The van der Waals surface area contributed by atoms with Gasteiger partial charge in [-0.1, -0.05) is 13.0 Å². The van der Waals surface area contributed by atoms with Crippen LogP contribution in [-0.4, -0.2) is 5.67 Å². The molecule has 0 saturated carbocycles. The van der Waals surface area contributed by atoms with Crippen molar-refractivity contribution < 1.29 is 4.39 Å². The van der Waals surface area contributed by atoms with Crippen molar-refractivity contribution in [1.29, 1.82) is 0 Å². The Morgan fingerprint density at radius 2 is 2.00 bits per heavy atom. The van der Waals surface area contributed by atoms with Gasteiger partial charge in [0, 0.05) is 11.6 Å². The van der Waals surface area contributed by atoms with Crippen LogP contribution in [0, 0.1) is 5.92 Å². The van der Waals surface area contributed by atoms with Gasteiger partial charge in [0.2, 0.25) is 0 Å². The molecule has 0 aromatic rings. The number of alkyl halides is 1. The van der Waals surface area contributed by atoms with Gasteiger partial charge in [-0.05, 0) is 20.8 Å². The molecule has 0 aliphatic rings. The summed E-state index contributed by atoms with van der Waals surface area (Å²) in [5, 5.41) is 0. The van der Waals surface area contributed by atoms with Crippen molar-refractivity contribution in [3.8, 4) is 0 Å². The minimum atomic E-state index is -1.17. The lowest BCUT2D eigenvalue weighted by Crippen LogP contribution is -2.22. The van der Waals surface area contributed by atoms with Crippen molar-refractivity contribution in [3.05, 3.63) is 11.8 Å². The molecule has 1 atom stereocenters. The third-order valence-corrected chi connectivity index (χ3v) is 1.60. The minimum absolute atomic E-state index is 0.113. The summed E-state index contributed by atoms with van der Waals surface area (Å²) in [5.41, 5.74) is 4.90. The maximum atomic E-state index is 13.0. The smallest absolute Gasteiger partial charge is 0.111 e. The maximum absolute atomic E-state index is 13.0. The fraction of sp³-hybridized carbons (Fsp3) is 0.750. The summed E-state index contributed by atoms with van der Waals surface area (Å²) >= 11 is 0. The van der Waals surface area contributed by atoms with E-state index in [1.807, 2.05) is 6.92 Å². The molecule has 0 aromatic heterocycles. The van der Waals surface area contributed by atoms with Crippen LogP contribution in [0.15, 0.2) is 11.8 Å². The summed E-state index contributed by atoms with van der Waals surface area (Å²) in [7, 11) is 0. The molecule has 0 rings (SSSR count). The van der Waals surface area contributed by atoms with Crippen LogP contribution in [0.3, 0.4) is 0 Å². The Labute approximate surface area is 62.1 Å². The van der Waals surface area contributed by atoms with Crippen LogP contribution in [0.2, 0.25) is 0 Å². The molecule has 0 saturated heterocycles. The average Bonchev–Trinajstić information content (AvgIpc) is 1.60. The molecule has 0 spiro atoms. The zero-order valence-corrected chi connectivity index (χ0v) is 7.11. The molecular formula is C8H16FN. The Morgan fingerprint density at radius 1 is 1.60 bits per heavy atom. The van der Waals surface area contributed by atoms with Crippen LogP contribution in [0.4, 0.5) is 4.39 Å². The molecular weight excluding hydrogens is 129 g/mol. The van der Waals surface area contributed by atoms with E-state index in [1.165, 1.54) is 0 Å². The highest BCUT2D eigenvalue weighted by Gasteiger charge is 2.22. The number of allylic oxidation sites excluding steroid dienone is 2. The van der Waals surface area contributed by atoms with E-state index < -0.39 is 5.67 Å². The molecule has 1 nitrogen and oxygen atoms in total. The lowest BCUT2D eigenvalue weighted by atomic mass is 9.94. The molecule has 0 fully saturated rings. The second-order valence-electron chi connectivity index (χ2n) is 3.26. The van der Waals surface area contributed by atoms with Gasteiger partial charge in [0.15, 0.2) is 0 Å². The van der Waals surface area contributed by atoms with Gasteiger partial charge in [0.25, 0.3) is 0 Å². The van der Waals surface area contributed by atoms with Crippen molar-refractivity contribution in [2.45, 2.75) is 33.4 Å². The van der Waals surface area contributed by atoms with E-state index in [1.54, 1.807) is 26.8 Å². The van der Waals surface area contributed by atoms with Crippen molar-refractivity contribution in [2.24, 2.45) is 11.7 Å². The van der Waals surface area contributed by atoms with Crippen LogP contribution >= 0.6 is 0 Å². The first-order chi connectivity index (χ1) is 4.34. The van der Waals surface area contributed by atoms with Crippen LogP contribution in [0.1, 0.15) is 27.7 Å². The van der Waals surface area contributed by atoms with Gasteiger partial charge in [0.1, 0.15) is 5.67 Å². The largest absolute Gasteiger partial charge is 0.403 e. The van der Waals surface area contributed by atoms with Gasteiger partial charge in [-0.3, -0.25) is 0 Å². The van der Waals surface area contributed by atoms with Crippen molar-refractivity contribution in [1.82, 2.24) is 0 Å². The molecule has 0 aliphatic heterocycles. The van der Waals surface area contributed by atoms with E-state index >= 15 is 0 Å². The standard InChI is InChI=1S/C8H16FN/c1-6(5-7(2)10)8(3,4)9/h5-6H,10H2,1-4H3/b7-5+. The maximum Gasteiger partial charge on any atom is 0.111 e. The van der Waals surface area contributed by atoms with Crippen molar-refractivity contribution >= 4 is 0 Å². The molecule has 1 unspecified atom stereocenters. The molecule has 0 amide bonds. The zero-order valence-electron chi connectivity index (χ0n) is 7.11. The molecule has 0 aromatic carbocycles. The van der Waals surface area contributed by atoms with E-state index in [0.717, 1.165) is 0 Å². The zero-order chi connectivity index (χ0) is 8.36. The molecule has 10 heavy (non-hydrogen) atoms. The number of hydrogen-bond acceptors (Lipinski definition) is 1. The summed E-state index contributed by atoms with van der Waals surface area (Å²) in [6, 6.07) is 0. The molecule has 2 N–H and O–H groups in total. The topological polar surface area (TPSA) is 26.0 Å². The molecule has 0 radical (unpaired) electrons. The van der Waals surface area contributed by atoms with Gasteiger partial charge in [-0.25, -0.2) is 4.39 Å². The highest BCUT2D eigenvalue weighted by molar-refractivity contribution is 4.99. The normalized spacial score (nSPS) is 17.1. The van der Waals surface area contributed by atoms with Crippen molar-refractivity contribution in [2.75, 3.05) is 0 Å². The fourth-order valence-corrected chi connectivity index (χ4v) is 0.593. The first kappa shape index (κ1) is 9.47. The Morgan fingerprint density at radius 3 is 2.10 bits per heavy atom. The summed E-state index contributed by atoms with van der Waals surface area (Å²) in [4.78, 5) is 0. The Balaban J connectivity index is 4.11. The first-order valence-electron chi connectivity index (χ1n) is 3.47. The van der Waals surface area contributed by atoms with Crippen molar-refractivity contribution in [3.63, 3.8) is 0 Å². The second kappa shape index (κ2) is 3.04. The monoisotopic (exact) mass is 145 g/mol. The van der Waals surface area contributed by atoms with E-state index in [0.29, 0.717) is 5.70 Å². The second-order valence-corrected chi connectivity index (χ2v) is 3.26. The SMILES string of the molecule is C/C(N)=C\C(C)C(C)(C)F. The van der Waals surface area contributed by atoms with Gasteiger partial charge in [0.05, 0.1) is 0 Å². The summed E-state index contributed by atoms with van der Waals surface area (Å²) in [6.45, 7) is 6.69. The van der Waals surface area contributed by atoms with Crippen LogP contribution in [-0.2, 0) is 0 Å².